The van der Waals surface area contributed by atoms with Crippen molar-refractivity contribution >= 4 is 54.6 Å². The zero-order valence-corrected chi connectivity index (χ0v) is 21.9. The van der Waals surface area contributed by atoms with Crippen LogP contribution < -0.4 is 14.3 Å². The fraction of sp³-hybridized carbons (Fsp3) is 0.0385. The van der Waals surface area contributed by atoms with Gasteiger partial charge in [-0.3, -0.25) is 13.8 Å². The molecule has 0 saturated heterocycles. The molecule has 0 aromatic heterocycles. The first-order chi connectivity index (χ1) is 17.6. The molecule has 0 spiro atoms. The molecule has 0 radical (unpaired) electrons. The molecular weight excluding hydrogens is 534 g/mol. The van der Waals surface area contributed by atoms with Gasteiger partial charge in [0.2, 0.25) is 0 Å². The summed E-state index contributed by atoms with van der Waals surface area (Å²) >= 11 is 5.84. The van der Waals surface area contributed by atoms with Crippen LogP contribution in [0.3, 0.4) is 0 Å². The summed E-state index contributed by atoms with van der Waals surface area (Å²) in [5.41, 5.74) is 1.50. The summed E-state index contributed by atoms with van der Waals surface area (Å²) in [6, 6.07) is 26.1. The Labute approximate surface area is 220 Å². The summed E-state index contributed by atoms with van der Waals surface area (Å²) in [6.45, 7) is 0. The van der Waals surface area contributed by atoms with E-state index in [1.165, 1.54) is 79.8 Å². The highest BCUT2D eigenvalue weighted by Gasteiger charge is 2.21. The second kappa shape index (κ2) is 10.6. The van der Waals surface area contributed by atoms with E-state index in [4.69, 9.17) is 11.6 Å². The zero-order chi connectivity index (χ0) is 26.6. The van der Waals surface area contributed by atoms with Gasteiger partial charge in [0, 0.05) is 29.0 Å². The minimum atomic E-state index is -3.81. The third kappa shape index (κ3) is 6.11. The van der Waals surface area contributed by atoms with Crippen molar-refractivity contribution in [2.75, 3.05) is 21.4 Å². The Morgan fingerprint density at radius 3 is 1.86 bits per heavy atom. The molecule has 190 valence electrons. The van der Waals surface area contributed by atoms with Crippen LogP contribution in [-0.2, 0) is 20.0 Å². The number of para-hydroxylation sites is 1. The van der Waals surface area contributed by atoms with Crippen LogP contribution in [-0.4, -0.2) is 29.8 Å². The predicted octanol–water partition coefficient (Wildman–Crippen LogP) is 5.22. The third-order valence-electron chi connectivity index (χ3n) is 5.41. The number of nitrogens with zero attached hydrogens (tertiary/aromatic N) is 1. The first-order valence-electron chi connectivity index (χ1n) is 10.9. The number of anilines is 3. The summed E-state index contributed by atoms with van der Waals surface area (Å²) in [5, 5.41) is 3.13. The first kappa shape index (κ1) is 26.2. The molecule has 0 aliphatic rings. The maximum Gasteiger partial charge on any atom is 0.264 e. The van der Waals surface area contributed by atoms with E-state index in [2.05, 4.69) is 10.0 Å². The zero-order valence-electron chi connectivity index (χ0n) is 19.5. The Bertz CT molecular complexity index is 1610. The summed E-state index contributed by atoms with van der Waals surface area (Å²) in [7, 11) is -6.17. The van der Waals surface area contributed by atoms with Crippen LogP contribution in [0.15, 0.2) is 113 Å². The standard InChI is InChI=1S/C26H22ClN3O5S2/c1-30(37(34,35)25-15-9-20(27)10-16-25)23-13-7-19(8-14-23)26(31)28-21-11-17-24(18-12-21)36(32,33)29-22-5-3-2-4-6-22/h2-18,29H,1H3,(H,28,31). The fourth-order valence-electron chi connectivity index (χ4n) is 3.37. The van der Waals surface area contributed by atoms with Crippen molar-refractivity contribution in [2.24, 2.45) is 0 Å². The van der Waals surface area contributed by atoms with Gasteiger partial charge in [0.15, 0.2) is 0 Å². The van der Waals surface area contributed by atoms with Crippen LogP contribution in [0.25, 0.3) is 0 Å². The van der Waals surface area contributed by atoms with Crippen LogP contribution >= 0.6 is 11.6 Å². The Morgan fingerprint density at radius 2 is 1.27 bits per heavy atom. The van der Waals surface area contributed by atoms with Crippen molar-refractivity contribution in [2.45, 2.75) is 9.79 Å². The number of carbonyl (C=O) groups is 1. The van der Waals surface area contributed by atoms with Crippen LogP contribution in [0.2, 0.25) is 5.02 Å². The molecule has 1 amide bonds. The maximum atomic E-state index is 12.9. The van der Waals surface area contributed by atoms with E-state index in [9.17, 15) is 21.6 Å². The highest BCUT2D eigenvalue weighted by atomic mass is 35.5. The average molecular weight is 556 g/mol. The number of nitrogens with one attached hydrogen (secondary N) is 2. The molecule has 37 heavy (non-hydrogen) atoms. The van der Waals surface area contributed by atoms with Crippen molar-refractivity contribution in [3.63, 3.8) is 0 Å². The molecular formula is C26H22ClN3O5S2. The van der Waals surface area contributed by atoms with Crippen molar-refractivity contribution < 1.29 is 21.6 Å². The highest BCUT2D eigenvalue weighted by molar-refractivity contribution is 7.93. The molecule has 11 heteroatoms. The van der Waals surface area contributed by atoms with Crippen LogP contribution in [0, 0.1) is 0 Å². The SMILES string of the molecule is CN(c1ccc(C(=O)Nc2ccc(S(=O)(=O)Nc3ccccc3)cc2)cc1)S(=O)(=O)c1ccc(Cl)cc1. The molecule has 8 nitrogen and oxygen atoms in total. The van der Waals surface area contributed by atoms with Gasteiger partial charge in [0.1, 0.15) is 0 Å². The molecule has 0 fully saturated rings. The lowest BCUT2D eigenvalue weighted by atomic mass is 10.2. The van der Waals surface area contributed by atoms with E-state index < -0.39 is 26.0 Å². The monoisotopic (exact) mass is 555 g/mol. The molecule has 0 saturated carbocycles. The van der Waals surface area contributed by atoms with Gasteiger partial charge in [-0.2, -0.15) is 0 Å². The predicted molar refractivity (Wildman–Crippen MR) is 145 cm³/mol. The molecule has 2 N–H and O–H groups in total. The minimum absolute atomic E-state index is 0.0450. The molecule has 4 rings (SSSR count). The number of hydrogen-bond acceptors (Lipinski definition) is 5. The summed E-state index contributed by atoms with van der Waals surface area (Å²) in [5.74, 6) is -0.437. The summed E-state index contributed by atoms with van der Waals surface area (Å²) in [4.78, 5) is 12.8. The topological polar surface area (TPSA) is 113 Å². The fourth-order valence-corrected chi connectivity index (χ4v) is 5.75. The average Bonchev–Trinajstić information content (AvgIpc) is 2.89. The maximum absolute atomic E-state index is 12.9. The van der Waals surface area contributed by atoms with Crippen LogP contribution in [0.1, 0.15) is 10.4 Å². The number of amides is 1. The van der Waals surface area contributed by atoms with Crippen molar-refractivity contribution in [1.29, 1.82) is 0 Å². The van der Waals surface area contributed by atoms with E-state index in [-0.39, 0.29) is 9.79 Å². The number of halogens is 1. The van der Waals surface area contributed by atoms with Crippen molar-refractivity contribution in [3.05, 3.63) is 114 Å². The molecule has 0 heterocycles. The lowest BCUT2D eigenvalue weighted by molar-refractivity contribution is 0.102. The van der Waals surface area contributed by atoms with E-state index in [1.54, 1.807) is 30.3 Å². The molecule has 0 unspecified atom stereocenters. The van der Waals surface area contributed by atoms with Crippen molar-refractivity contribution in [1.82, 2.24) is 0 Å². The number of benzene rings is 4. The Hall–Kier alpha value is -3.86. The van der Waals surface area contributed by atoms with E-state index in [1.807, 2.05) is 0 Å². The van der Waals surface area contributed by atoms with Gasteiger partial charge in [-0.1, -0.05) is 29.8 Å². The highest BCUT2D eigenvalue weighted by Crippen LogP contribution is 2.24. The minimum Gasteiger partial charge on any atom is -0.322 e. The second-order valence-corrected chi connectivity index (χ2v) is 12.0. The summed E-state index contributed by atoms with van der Waals surface area (Å²) in [6.07, 6.45) is 0. The van der Waals surface area contributed by atoms with Gasteiger partial charge in [0.25, 0.3) is 26.0 Å². The van der Waals surface area contributed by atoms with Gasteiger partial charge < -0.3 is 5.32 Å². The van der Waals surface area contributed by atoms with Crippen LogP contribution in [0.5, 0.6) is 0 Å². The largest absolute Gasteiger partial charge is 0.322 e. The lowest BCUT2D eigenvalue weighted by Gasteiger charge is -2.20. The van der Waals surface area contributed by atoms with Gasteiger partial charge in [0.05, 0.1) is 15.5 Å². The molecule has 0 bridgehead atoms. The normalized spacial score (nSPS) is 11.5. The second-order valence-electron chi connectivity index (χ2n) is 7.92. The van der Waals surface area contributed by atoms with Gasteiger partial charge in [-0.05, 0) is 84.9 Å². The summed E-state index contributed by atoms with van der Waals surface area (Å²) < 4.78 is 54.5. The quantitative estimate of drug-likeness (QED) is 0.309. The number of hydrogen-bond donors (Lipinski definition) is 2. The third-order valence-corrected chi connectivity index (χ3v) is 8.86. The number of carbonyl (C=O) groups excluding carboxylic acids is 1. The molecule has 4 aromatic carbocycles. The van der Waals surface area contributed by atoms with Gasteiger partial charge >= 0.3 is 0 Å². The molecule has 0 atom stereocenters. The number of rotatable bonds is 8. The van der Waals surface area contributed by atoms with Crippen LogP contribution in [0.4, 0.5) is 17.1 Å². The van der Waals surface area contributed by atoms with E-state index >= 15 is 0 Å². The van der Waals surface area contributed by atoms with Crippen molar-refractivity contribution in [3.8, 4) is 0 Å². The Balaban J connectivity index is 1.43. The smallest absolute Gasteiger partial charge is 0.264 e. The molecule has 0 aliphatic carbocycles. The molecule has 4 aromatic rings. The van der Waals surface area contributed by atoms with Gasteiger partial charge in [-0.15, -0.1) is 0 Å². The first-order valence-corrected chi connectivity index (χ1v) is 14.2. The van der Waals surface area contributed by atoms with E-state index in [0.717, 1.165) is 4.31 Å². The Kier molecular flexibility index (Phi) is 7.53. The molecule has 0 aliphatic heterocycles. The Morgan fingerprint density at radius 1 is 0.703 bits per heavy atom. The lowest BCUT2D eigenvalue weighted by Crippen LogP contribution is -2.26. The van der Waals surface area contributed by atoms with E-state index in [0.29, 0.717) is 27.6 Å². The van der Waals surface area contributed by atoms with Gasteiger partial charge in [-0.25, -0.2) is 16.8 Å². The number of sulfonamides is 2.